The summed E-state index contributed by atoms with van der Waals surface area (Å²) in [6.45, 7) is 1.77. The van der Waals surface area contributed by atoms with Gasteiger partial charge in [0.15, 0.2) is 5.69 Å². The largest absolute Gasteiger partial charge is 0.319 e. The van der Waals surface area contributed by atoms with Gasteiger partial charge in [0.1, 0.15) is 0 Å². The van der Waals surface area contributed by atoms with Crippen molar-refractivity contribution >= 4 is 22.5 Å². The average molecular weight is 322 g/mol. The molecule has 4 rings (SSSR count). The molecule has 7 heteroatoms. The van der Waals surface area contributed by atoms with Crippen molar-refractivity contribution in [3.8, 4) is 0 Å². The van der Waals surface area contributed by atoms with Gasteiger partial charge in [-0.2, -0.15) is 0 Å². The normalized spacial score (nSPS) is 17.2. The first kappa shape index (κ1) is 14.8. The van der Waals surface area contributed by atoms with E-state index >= 15 is 0 Å². The Bertz CT molecular complexity index is 863. The summed E-state index contributed by atoms with van der Waals surface area (Å²) in [5, 5.41) is 15.3. The minimum Gasteiger partial charge on any atom is -0.319 e. The lowest BCUT2D eigenvalue weighted by molar-refractivity contribution is 0.102. The number of rotatable bonds is 4. The maximum atomic E-state index is 12.4. The van der Waals surface area contributed by atoms with Crippen LogP contribution in [0.2, 0.25) is 0 Å². The van der Waals surface area contributed by atoms with Crippen LogP contribution in [0.15, 0.2) is 42.7 Å². The van der Waals surface area contributed by atoms with Crippen molar-refractivity contribution in [3.05, 3.63) is 48.4 Å². The lowest BCUT2D eigenvalue weighted by Gasteiger charge is -2.08. The standard InChI is InChI=1S/C17H18N6O/c24-17(15-11-23(22-21-15)10-13-6-3-8-18-13)20-14-7-1-4-12-5-2-9-19-16(12)14/h1-2,4-5,7,9,11,13,18H,3,6,8,10H2,(H,20,24). The van der Waals surface area contributed by atoms with Crippen molar-refractivity contribution in [2.45, 2.75) is 25.4 Å². The van der Waals surface area contributed by atoms with E-state index < -0.39 is 0 Å². The van der Waals surface area contributed by atoms with Crippen LogP contribution in [0.25, 0.3) is 10.9 Å². The number of carbonyl (C=O) groups is 1. The number of pyridine rings is 1. The van der Waals surface area contributed by atoms with Crippen molar-refractivity contribution in [2.75, 3.05) is 11.9 Å². The molecule has 1 amide bonds. The van der Waals surface area contributed by atoms with Crippen LogP contribution in [0.3, 0.4) is 0 Å². The van der Waals surface area contributed by atoms with E-state index in [4.69, 9.17) is 0 Å². The van der Waals surface area contributed by atoms with Crippen LogP contribution < -0.4 is 10.6 Å². The van der Waals surface area contributed by atoms with Gasteiger partial charge < -0.3 is 10.6 Å². The zero-order valence-corrected chi connectivity index (χ0v) is 13.1. The third-order valence-electron chi connectivity index (χ3n) is 4.22. The van der Waals surface area contributed by atoms with E-state index in [-0.39, 0.29) is 5.91 Å². The van der Waals surface area contributed by atoms with Gasteiger partial charge in [0.05, 0.1) is 23.9 Å². The summed E-state index contributed by atoms with van der Waals surface area (Å²) in [6, 6.07) is 9.93. The fraction of sp³-hybridized carbons (Fsp3) is 0.294. The molecule has 0 bridgehead atoms. The topological polar surface area (TPSA) is 84.7 Å². The van der Waals surface area contributed by atoms with E-state index in [1.807, 2.05) is 30.3 Å². The van der Waals surface area contributed by atoms with Crippen LogP contribution in [-0.4, -0.2) is 38.5 Å². The molecule has 1 saturated heterocycles. The predicted molar refractivity (Wildman–Crippen MR) is 90.7 cm³/mol. The molecule has 0 aliphatic carbocycles. The van der Waals surface area contributed by atoms with Crippen LogP contribution in [0, 0.1) is 0 Å². The molecule has 3 aromatic rings. The molecule has 1 unspecified atom stereocenters. The Balaban J connectivity index is 1.50. The van der Waals surface area contributed by atoms with Gasteiger partial charge in [-0.25, -0.2) is 0 Å². The minimum atomic E-state index is -0.279. The van der Waals surface area contributed by atoms with E-state index in [9.17, 15) is 4.79 Å². The second-order valence-corrected chi connectivity index (χ2v) is 5.95. The number of nitrogens with zero attached hydrogens (tertiary/aromatic N) is 4. The van der Waals surface area contributed by atoms with Gasteiger partial charge in [-0.05, 0) is 31.5 Å². The average Bonchev–Trinajstić information content (AvgIpc) is 3.28. The molecule has 122 valence electrons. The minimum absolute atomic E-state index is 0.279. The highest BCUT2D eigenvalue weighted by Gasteiger charge is 2.17. The number of benzene rings is 1. The summed E-state index contributed by atoms with van der Waals surface area (Å²) >= 11 is 0. The number of hydrogen-bond acceptors (Lipinski definition) is 5. The Kier molecular flexibility index (Phi) is 3.92. The smallest absolute Gasteiger partial charge is 0.277 e. The zero-order chi connectivity index (χ0) is 16.4. The first-order chi connectivity index (χ1) is 11.8. The number of fused-ring (bicyclic) bond motifs is 1. The van der Waals surface area contributed by atoms with Gasteiger partial charge in [0.2, 0.25) is 0 Å². The Morgan fingerprint density at radius 2 is 2.25 bits per heavy atom. The summed E-state index contributed by atoms with van der Waals surface area (Å²) in [5.41, 5.74) is 1.74. The van der Waals surface area contributed by atoms with Crippen molar-refractivity contribution in [1.29, 1.82) is 0 Å². The highest BCUT2D eigenvalue weighted by atomic mass is 16.2. The number of para-hydroxylation sites is 1. The molecule has 3 heterocycles. The summed E-state index contributed by atoms with van der Waals surface area (Å²) in [7, 11) is 0. The third-order valence-corrected chi connectivity index (χ3v) is 4.22. The van der Waals surface area contributed by atoms with Gasteiger partial charge in [-0.3, -0.25) is 14.5 Å². The van der Waals surface area contributed by atoms with Crippen molar-refractivity contribution in [2.24, 2.45) is 0 Å². The van der Waals surface area contributed by atoms with Gasteiger partial charge in [-0.1, -0.05) is 23.4 Å². The third kappa shape index (κ3) is 2.98. The van der Waals surface area contributed by atoms with Gasteiger partial charge in [-0.15, -0.1) is 5.10 Å². The Labute approximate surface area is 139 Å². The number of hydrogen-bond donors (Lipinski definition) is 2. The van der Waals surface area contributed by atoms with Crippen LogP contribution in [0.1, 0.15) is 23.3 Å². The van der Waals surface area contributed by atoms with Crippen molar-refractivity contribution in [3.63, 3.8) is 0 Å². The molecule has 1 aliphatic rings. The second kappa shape index (κ2) is 6.37. The summed E-state index contributed by atoms with van der Waals surface area (Å²) in [4.78, 5) is 16.8. The van der Waals surface area contributed by atoms with E-state index in [1.54, 1.807) is 17.1 Å². The van der Waals surface area contributed by atoms with Gasteiger partial charge in [0, 0.05) is 17.6 Å². The monoisotopic (exact) mass is 322 g/mol. The van der Waals surface area contributed by atoms with Gasteiger partial charge >= 0.3 is 0 Å². The first-order valence-electron chi connectivity index (χ1n) is 8.08. The summed E-state index contributed by atoms with van der Waals surface area (Å²) in [6.07, 6.45) is 5.71. The van der Waals surface area contributed by atoms with Crippen molar-refractivity contribution < 1.29 is 4.79 Å². The van der Waals surface area contributed by atoms with E-state index in [0.717, 1.165) is 30.4 Å². The molecule has 24 heavy (non-hydrogen) atoms. The predicted octanol–water partition coefficient (Wildman–Crippen LogP) is 1.83. The highest BCUT2D eigenvalue weighted by molar-refractivity contribution is 6.07. The Morgan fingerprint density at radius 1 is 1.33 bits per heavy atom. The fourth-order valence-electron chi connectivity index (χ4n) is 3.02. The molecule has 2 aromatic heterocycles. The van der Waals surface area contributed by atoms with Crippen LogP contribution in [0.5, 0.6) is 0 Å². The molecule has 0 radical (unpaired) electrons. The van der Waals surface area contributed by atoms with Gasteiger partial charge in [0.25, 0.3) is 5.91 Å². The highest BCUT2D eigenvalue weighted by Crippen LogP contribution is 2.21. The number of anilines is 1. The number of nitrogens with one attached hydrogen (secondary N) is 2. The Morgan fingerprint density at radius 3 is 3.12 bits per heavy atom. The number of aromatic nitrogens is 4. The summed E-state index contributed by atoms with van der Waals surface area (Å²) < 4.78 is 1.72. The molecule has 2 N–H and O–H groups in total. The SMILES string of the molecule is O=C(Nc1cccc2cccnc12)c1cn(CC2CCCN2)nn1. The lowest BCUT2D eigenvalue weighted by atomic mass is 10.2. The van der Waals surface area contributed by atoms with E-state index in [0.29, 0.717) is 17.4 Å². The lowest BCUT2D eigenvalue weighted by Crippen LogP contribution is -2.26. The first-order valence-corrected chi connectivity index (χ1v) is 8.08. The molecular formula is C17H18N6O. The van der Waals surface area contributed by atoms with Crippen LogP contribution >= 0.6 is 0 Å². The molecule has 1 aromatic carbocycles. The maximum absolute atomic E-state index is 12.4. The van der Waals surface area contributed by atoms with Crippen molar-refractivity contribution in [1.82, 2.24) is 25.3 Å². The molecule has 7 nitrogen and oxygen atoms in total. The quantitative estimate of drug-likeness (QED) is 0.765. The van der Waals surface area contributed by atoms with Crippen LogP contribution in [0.4, 0.5) is 5.69 Å². The Hall–Kier alpha value is -2.80. The van der Waals surface area contributed by atoms with E-state index in [1.165, 1.54) is 6.42 Å². The fourth-order valence-corrected chi connectivity index (χ4v) is 3.02. The molecule has 1 aliphatic heterocycles. The number of carbonyl (C=O) groups excluding carboxylic acids is 1. The molecule has 0 saturated carbocycles. The molecule has 1 fully saturated rings. The molecule has 0 spiro atoms. The molecule has 1 atom stereocenters. The zero-order valence-electron chi connectivity index (χ0n) is 13.1. The maximum Gasteiger partial charge on any atom is 0.277 e. The van der Waals surface area contributed by atoms with Crippen LogP contribution in [-0.2, 0) is 6.54 Å². The second-order valence-electron chi connectivity index (χ2n) is 5.95. The summed E-state index contributed by atoms with van der Waals surface area (Å²) in [5.74, 6) is -0.279. The molecular weight excluding hydrogens is 304 g/mol. The number of amides is 1. The van der Waals surface area contributed by atoms with E-state index in [2.05, 4.69) is 25.9 Å².